The van der Waals surface area contributed by atoms with Gasteiger partial charge in [-0.1, -0.05) is 41.4 Å². The number of fused-ring (bicyclic) bond motifs is 1. The summed E-state index contributed by atoms with van der Waals surface area (Å²) < 4.78 is 39.4. The van der Waals surface area contributed by atoms with Gasteiger partial charge in [0.05, 0.1) is 43.7 Å². The first-order valence-corrected chi connectivity index (χ1v) is 12.7. The van der Waals surface area contributed by atoms with Crippen LogP contribution in [0.5, 0.6) is 5.75 Å². The maximum atomic E-state index is 12.5. The zero-order valence-corrected chi connectivity index (χ0v) is 21.0. The van der Waals surface area contributed by atoms with Crippen LogP contribution >= 0.6 is 23.2 Å². The Balaban J connectivity index is 1.44. The molecule has 0 atom stereocenters. The highest BCUT2D eigenvalue weighted by Gasteiger charge is 2.21. The fourth-order valence-electron chi connectivity index (χ4n) is 3.58. The van der Waals surface area contributed by atoms with E-state index >= 15 is 0 Å². The van der Waals surface area contributed by atoms with Gasteiger partial charge in [0, 0.05) is 33.8 Å². The SMILES string of the molecule is COc1cccc(S(=O)(=O)NC(=O)NCC=C2COCc3cnn(Cc4ccc(Cl)cc4Cl)c32)c1. The van der Waals surface area contributed by atoms with Gasteiger partial charge < -0.3 is 14.8 Å². The van der Waals surface area contributed by atoms with E-state index < -0.39 is 16.1 Å². The van der Waals surface area contributed by atoms with Crippen molar-refractivity contribution < 1.29 is 22.7 Å². The van der Waals surface area contributed by atoms with Crippen molar-refractivity contribution in [2.24, 2.45) is 0 Å². The number of rotatable bonds is 7. The van der Waals surface area contributed by atoms with E-state index in [2.05, 4.69) is 10.4 Å². The lowest BCUT2D eigenvalue weighted by atomic mass is 10.1. The highest BCUT2D eigenvalue weighted by atomic mass is 35.5. The van der Waals surface area contributed by atoms with E-state index in [0.717, 1.165) is 22.4 Å². The molecule has 0 radical (unpaired) electrons. The molecule has 0 fully saturated rings. The Morgan fingerprint density at radius 2 is 2.06 bits per heavy atom. The van der Waals surface area contributed by atoms with Gasteiger partial charge in [0.2, 0.25) is 0 Å². The van der Waals surface area contributed by atoms with Crippen molar-refractivity contribution in [3.8, 4) is 5.75 Å². The minimum Gasteiger partial charge on any atom is -0.497 e. The number of methoxy groups -OCH3 is 1. The first-order chi connectivity index (χ1) is 16.8. The molecule has 2 heterocycles. The predicted octanol–water partition coefficient (Wildman–Crippen LogP) is 3.85. The molecule has 0 saturated heterocycles. The number of carbonyl (C=O) groups excluding carboxylic acids is 1. The van der Waals surface area contributed by atoms with Gasteiger partial charge in [-0.15, -0.1) is 0 Å². The molecule has 184 valence electrons. The van der Waals surface area contributed by atoms with Crippen molar-refractivity contribution in [1.82, 2.24) is 19.8 Å². The molecular formula is C23H22Cl2N4O5S. The number of aromatic nitrogens is 2. The van der Waals surface area contributed by atoms with Gasteiger partial charge in [0.25, 0.3) is 10.0 Å². The minimum absolute atomic E-state index is 0.0739. The molecule has 1 aliphatic heterocycles. The molecule has 0 spiro atoms. The van der Waals surface area contributed by atoms with Gasteiger partial charge in [0.15, 0.2) is 0 Å². The number of hydrogen-bond donors (Lipinski definition) is 2. The van der Waals surface area contributed by atoms with Crippen LogP contribution in [0.4, 0.5) is 4.79 Å². The minimum atomic E-state index is -4.06. The molecule has 0 bridgehead atoms. The molecule has 1 aliphatic rings. The van der Waals surface area contributed by atoms with Crippen LogP contribution in [0.2, 0.25) is 10.0 Å². The summed E-state index contributed by atoms with van der Waals surface area (Å²) in [5.41, 5.74) is 3.43. The molecule has 2 amide bonds. The normalized spacial score (nSPS) is 14.4. The van der Waals surface area contributed by atoms with Crippen molar-refractivity contribution >= 4 is 44.8 Å². The number of halogens is 2. The summed E-state index contributed by atoms with van der Waals surface area (Å²) in [6.07, 6.45) is 3.49. The van der Waals surface area contributed by atoms with Gasteiger partial charge in [-0.25, -0.2) is 17.9 Å². The van der Waals surface area contributed by atoms with Gasteiger partial charge >= 0.3 is 6.03 Å². The average Bonchev–Trinajstić information content (AvgIpc) is 3.24. The zero-order valence-electron chi connectivity index (χ0n) is 18.6. The Hall–Kier alpha value is -3.05. The first-order valence-electron chi connectivity index (χ1n) is 10.5. The number of ether oxygens (including phenoxy) is 2. The molecule has 0 aliphatic carbocycles. The van der Waals surface area contributed by atoms with Crippen LogP contribution in [-0.2, 0) is 27.9 Å². The molecule has 3 aromatic rings. The number of benzene rings is 2. The van der Waals surface area contributed by atoms with Crippen LogP contribution in [0.3, 0.4) is 0 Å². The quantitative estimate of drug-likeness (QED) is 0.474. The largest absolute Gasteiger partial charge is 0.497 e. The molecule has 12 heteroatoms. The number of amides is 2. The smallest absolute Gasteiger partial charge is 0.328 e. The van der Waals surface area contributed by atoms with Crippen LogP contribution < -0.4 is 14.8 Å². The van der Waals surface area contributed by atoms with Crippen molar-refractivity contribution in [2.45, 2.75) is 18.0 Å². The van der Waals surface area contributed by atoms with Crippen LogP contribution in [0.1, 0.15) is 16.8 Å². The number of urea groups is 1. The third kappa shape index (κ3) is 5.96. The molecule has 2 N–H and O–H groups in total. The van der Waals surface area contributed by atoms with E-state index in [1.54, 1.807) is 30.5 Å². The number of carbonyl (C=O) groups is 1. The van der Waals surface area contributed by atoms with Crippen molar-refractivity contribution in [3.63, 3.8) is 0 Å². The second-order valence-corrected chi connectivity index (χ2v) is 10.2. The lowest BCUT2D eigenvalue weighted by Gasteiger charge is -2.19. The van der Waals surface area contributed by atoms with Gasteiger partial charge in [-0.05, 0) is 29.8 Å². The topological polar surface area (TPSA) is 112 Å². The molecule has 4 rings (SSSR count). The lowest BCUT2D eigenvalue weighted by molar-refractivity contribution is 0.145. The van der Waals surface area contributed by atoms with Crippen molar-refractivity contribution in [2.75, 3.05) is 20.3 Å². The fourth-order valence-corrected chi connectivity index (χ4v) is 5.01. The van der Waals surface area contributed by atoms with Crippen molar-refractivity contribution in [3.05, 3.63) is 81.6 Å². The summed E-state index contributed by atoms with van der Waals surface area (Å²) in [6, 6.07) is 10.3. The van der Waals surface area contributed by atoms with Gasteiger partial charge in [-0.3, -0.25) is 4.68 Å². The number of hydrogen-bond acceptors (Lipinski definition) is 6. The highest BCUT2D eigenvalue weighted by Crippen LogP contribution is 2.28. The second kappa shape index (κ2) is 10.7. The van der Waals surface area contributed by atoms with Crippen LogP contribution in [0.25, 0.3) is 5.57 Å². The number of nitrogens with one attached hydrogen (secondary N) is 2. The maximum Gasteiger partial charge on any atom is 0.328 e. The molecule has 9 nitrogen and oxygen atoms in total. The Morgan fingerprint density at radius 3 is 2.83 bits per heavy atom. The van der Waals surface area contributed by atoms with Crippen LogP contribution in [-0.4, -0.2) is 44.5 Å². The Labute approximate surface area is 212 Å². The van der Waals surface area contributed by atoms with Crippen LogP contribution in [0.15, 0.2) is 59.6 Å². The Morgan fingerprint density at radius 1 is 1.23 bits per heavy atom. The van der Waals surface area contributed by atoms with E-state index in [4.69, 9.17) is 32.7 Å². The Kier molecular flexibility index (Phi) is 7.66. The average molecular weight is 537 g/mol. The molecular weight excluding hydrogens is 515 g/mol. The first kappa shape index (κ1) is 25.1. The molecule has 0 unspecified atom stereocenters. The summed E-state index contributed by atoms with van der Waals surface area (Å²) in [6.45, 7) is 1.23. The van der Waals surface area contributed by atoms with Gasteiger partial charge in [-0.2, -0.15) is 5.10 Å². The van der Waals surface area contributed by atoms with Crippen LogP contribution in [0, 0.1) is 0 Å². The van der Waals surface area contributed by atoms with E-state index in [-0.39, 0.29) is 11.4 Å². The molecule has 35 heavy (non-hydrogen) atoms. The lowest BCUT2D eigenvalue weighted by Crippen LogP contribution is -2.39. The van der Waals surface area contributed by atoms with Crippen molar-refractivity contribution in [1.29, 1.82) is 0 Å². The van der Waals surface area contributed by atoms with E-state index in [1.165, 1.54) is 25.3 Å². The summed E-state index contributed by atoms with van der Waals surface area (Å²) in [5, 5.41) is 8.08. The van der Waals surface area contributed by atoms with Gasteiger partial charge in [0.1, 0.15) is 5.75 Å². The maximum absolute atomic E-state index is 12.5. The number of nitrogens with zero attached hydrogens (tertiary/aromatic N) is 2. The predicted molar refractivity (Wildman–Crippen MR) is 132 cm³/mol. The monoisotopic (exact) mass is 536 g/mol. The van der Waals surface area contributed by atoms with E-state index in [0.29, 0.717) is 35.6 Å². The van der Waals surface area contributed by atoms with E-state index in [9.17, 15) is 13.2 Å². The standard InChI is InChI=1S/C23H22Cl2N4O5S/c1-33-19-3-2-4-20(10-19)35(31,32)28-23(30)26-8-7-16-13-34-14-17-11-27-29(22(16)17)12-15-5-6-18(24)9-21(15)25/h2-7,9-11H,8,12-14H2,1H3,(H2,26,28,30). The zero-order chi connectivity index (χ0) is 25.0. The summed E-state index contributed by atoms with van der Waals surface area (Å²) in [4.78, 5) is 12.2. The highest BCUT2D eigenvalue weighted by molar-refractivity contribution is 7.90. The third-order valence-electron chi connectivity index (χ3n) is 5.26. The number of sulfonamides is 1. The molecule has 2 aromatic carbocycles. The second-order valence-electron chi connectivity index (χ2n) is 7.63. The summed E-state index contributed by atoms with van der Waals surface area (Å²) in [5.74, 6) is 0.364. The Bertz CT molecular complexity index is 1390. The molecule has 1 aromatic heterocycles. The molecule has 0 saturated carbocycles. The third-order valence-corrected chi connectivity index (χ3v) is 7.18. The fraction of sp³-hybridized carbons (Fsp3) is 0.217. The van der Waals surface area contributed by atoms with E-state index in [1.807, 2.05) is 15.5 Å². The summed E-state index contributed by atoms with van der Waals surface area (Å²) in [7, 11) is -2.63. The summed E-state index contributed by atoms with van der Waals surface area (Å²) >= 11 is 12.3.